The molecule has 9 heteroatoms. The van der Waals surface area contributed by atoms with Gasteiger partial charge in [-0.25, -0.2) is 0 Å². The summed E-state index contributed by atoms with van der Waals surface area (Å²) in [6, 6.07) is 9.97. The van der Waals surface area contributed by atoms with E-state index >= 15 is 0 Å². The molecule has 0 radical (unpaired) electrons. The lowest BCUT2D eigenvalue weighted by molar-refractivity contribution is -0.141. The number of nitrogens with one attached hydrogen (secondary N) is 1. The molecular formula is C28H29F3N4O2. The van der Waals surface area contributed by atoms with E-state index in [4.69, 9.17) is 9.72 Å². The lowest BCUT2D eigenvalue weighted by Gasteiger charge is -2.46. The molecule has 37 heavy (non-hydrogen) atoms. The second kappa shape index (κ2) is 10.1. The number of carbonyl (C=O) groups excluding carboxylic acids is 1. The van der Waals surface area contributed by atoms with Crippen molar-refractivity contribution in [3.63, 3.8) is 0 Å². The fraction of sp³-hybridized carbons (Fsp3) is 0.393. The Hall–Kier alpha value is -3.46. The highest BCUT2D eigenvalue weighted by molar-refractivity contribution is 6.04. The van der Waals surface area contributed by atoms with E-state index in [0.717, 1.165) is 72.7 Å². The lowest BCUT2D eigenvalue weighted by atomic mass is 9.84. The summed E-state index contributed by atoms with van der Waals surface area (Å²) in [5.41, 5.74) is 4.33. The monoisotopic (exact) mass is 510 g/mol. The molecule has 0 bridgehead atoms. The Morgan fingerprint density at radius 1 is 1.19 bits per heavy atom. The predicted molar refractivity (Wildman–Crippen MR) is 136 cm³/mol. The smallest absolute Gasteiger partial charge is 0.377 e. The summed E-state index contributed by atoms with van der Waals surface area (Å²) in [5, 5.41) is 2.72. The van der Waals surface area contributed by atoms with Crippen molar-refractivity contribution in [1.29, 1.82) is 0 Å². The number of aromatic nitrogens is 2. The molecule has 2 aromatic heterocycles. The van der Waals surface area contributed by atoms with Crippen LogP contribution >= 0.6 is 0 Å². The summed E-state index contributed by atoms with van der Waals surface area (Å²) < 4.78 is 44.9. The van der Waals surface area contributed by atoms with Crippen molar-refractivity contribution in [2.45, 2.75) is 45.3 Å². The van der Waals surface area contributed by atoms with Crippen LogP contribution in [0.2, 0.25) is 0 Å². The van der Waals surface area contributed by atoms with Gasteiger partial charge >= 0.3 is 6.18 Å². The number of nitrogens with zero attached hydrogens (tertiary/aromatic N) is 3. The van der Waals surface area contributed by atoms with E-state index in [9.17, 15) is 18.0 Å². The number of halogens is 3. The van der Waals surface area contributed by atoms with Gasteiger partial charge in [0.05, 0.1) is 30.6 Å². The van der Waals surface area contributed by atoms with Gasteiger partial charge in [-0.05, 0) is 67.1 Å². The Balaban J connectivity index is 1.43. The van der Waals surface area contributed by atoms with Gasteiger partial charge in [-0.15, -0.1) is 0 Å². The summed E-state index contributed by atoms with van der Waals surface area (Å²) in [6.45, 7) is 6.42. The van der Waals surface area contributed by atoms with Crippen LogP contribution in [-0.2, 0) is 17.3 Å². The maximum atomic E-state index is 13.0. The van der Waals surface area contributed by atoms with Crippen molar-refractivity contribution < 1.29 is 22.7 Å². The number of benzene rings is 1. The summed E-state index contributed by atoms with van der Waals surface area (Å²) in [7, 11) is 0. The molecular weight excluding hydrogens is 481 g/mol. The molecule has 0 spiro atoms. The minimum atomic E-state index is -4.62. The quantitative estimate of drug-likeness (QED) is 0.463. The van der Waals surface area contributed by atoms with Crippen molar-refractivity contribution in [2.75, 3.05) is 30.0 Å². The van der Waals surface area contributed by atoms with E-state index in [1.165, 1.54) is 6.07 Å². The molecule has 1 saturated heterocycles. The van der Waals surface area contributed by atoms with Gasteiger partial charge in [0.25, 0.3) is 5.91 Å². The molecule has 1 N–H and O–H groups in total. The summed E-state index contributed by atoms with van der Waals surface area (Å²) >= 11 is 0. The number of morpholine rings is 1. The van der Waals surface area contributed by atoms with Crippen molar-refractivity contribution >= 4 is 17.3 Å². The third kappa shape index (κ3) is 5.18. The van der Waals surface area contributed by atoms with Crippen LogP contribution in [0.1, 0.15) is 47.1 Å². The molecule has 3 aromatic rings. The number of alkyl halides is 3. The molecule has 1 fully saturated rings. The molecule has 1 aromatic carbocycles. The maximum absolute atomic E-state index is 13.0. The van der Waals surface area contributed by atoms with E-state index in [-0.39, 0.29) is 5.56 Å². The molecule has 4 heterocycles. The Labute approximate surface area is 213 Å². The molecule has 2 aliphatic heterocycles. The molecule has 5 rings (SSSR count). The standard InChI is InChI=1S/C28H29F3N4O2/c1-3-4-18-11-23-24(35-9-10-37-16-25(18)35)12-20(15-33-23)22-14-21(6-5-17(22)2)34-27(36)19-7-8-32-26(13-19)28(29,30)31/h5-8,12-15,18,25H,3-4,9-11,16H2,1-2H3,(H,34,36)/t18-,25+/m1/s1. The zero-order chi connectivity index (χ0) is 26.2. The Bertz CT molecular complexity index is 1310. The number of aryl methyl sites for hydroxylation is 1. The Morgan fingerprint density at radius 2 is 2.03 bits per heavy atom. The van der Waals surface area contributed by atoms with Crippen molar-refractivity contribution in [1.82, 2.24) is 9.97 Å². The second-order valence-electron chi connectivity index (χ2n) is 9.69. The summed E-state index contributed by atoms with van der Waals surface area (Å²) in [5.74, 6) is -0.119. The zero-order valence-electron chi connectivity index (χ0n) is 20.8. The largest absolute Gasteiger partial charge is 0.433 e. The van der Waals surface area contributed by atoms with Crippen LogP contribution < -0.4 is 10.2 Å². The molecule has 0 aliphatic carbocycles. The highest BCUT2D eigenvalue weighted by Gasteiger charge is 2.37. The summed E-state index contributed by atoms with van der Waals surface area (Å²) in [4.78, 5) is 23.3. The lowest BCUT2D eigenvalue weighted by Crippen LogP contribution is -2.53. The third-order valence-electron chi connectivity index (χ3n) is 7.20. The first-order valence-electron chi connectivity index (χ1n) is 12.5. The maximum Gasteiger partial charge on any atom is 0.433 e. The van der Waals surface area contributed by atoms with E-state index in [2.05, 4.69) is 28.2 Å². The zero-order valence-corrected chi connectivity index (χ0v) is 20.8. The first kappa shape index (κ1) is 25.2. The fourth-order valence-electron chi connectivity index (χ4n) is 5.34. The third-order valence-corrected chi connectivity index (χ3v) is 7.20. The molecule has 2 aliphatic rings. The van der Waals surface area contributed by atoms with Gasteiger partial charge in [0.2, 0.25) is 0 Å². The van der Waals surface area contributed by atoms with Crippen molar-refractivity contribution in [3.05, 3.63) is 71.3 Å². The SMILES string of the molecule is CCC[C@@H]1Cc2ncc(-c3cc(NC(=O)c4ccnc(C(F)(F)F)c4)ccc3C)cc2N2CCOC[C@@H]12. The molecule has 2 atom stereocenters. The van der Waals surface area contributed by atoms with Gasteiger partial charge in [0.15, 0.2) is 0 Å². The van der Waals surface area contributed by atoms with Crippen LogP contribution in [-0.4, -0.2) is 41.7 Å². The van der Waals surface area contributed by atoms with Crippen LogP contribution in [0.15, 0.2) is 48.8 Å². The number of hydrogen-bond donors (Lipinski definition) is 1. The van der Waals surface area contributed by atoms with E-state index < -0.39 is 17.8 Å². The number of rotatable bonds is 5. The van der Waals surface area contributed by atoms with Gasteiger partial charge in [0.1, 0.15) is 5.69 Å². The molecule has 6 nitrogen and oxygen atoms in total. The number of anilines is 2. The normalized spacial score (nSPS) is 19.2. The van der Waals surface area contributed by atoms with E-state index in [0.29, 0.717) is 24.3 Å². The number of hydrogen-bond acceptors (Lipinski definition) is 5. The van der Waals surface area contributed by atoms with Gasteiger partial charge in [0, 0.05) is 35.8 Å². The number of pyridine rings is 2. The number of fused-ring (bicyclic) bond motifs is 3. The van der Waals surface area contributed by atoms with E-state index in [1.807, 2.05) is 25.3 Å². The highest BCUT2D eigenvalue weighted by Crippen LogP contribution is 2.39. The van der Waals surface area contributed by atoms with Crippen LogP contribution in [0, 0.1) is 12.8 Å². The van der Waals surface area contributed by atoms with Gasteiger partial charge in [-0.1, -0.05) is 19.4 Å². The second-order valence-corrected chi connectivity index (χ2v) is 9.69. The molecule has 1 amide bonds. The fourth-order valence-corrected chi connectivity index (χ4v) is 5.34. The predicted octanol–water partition coefficient (Wildman–Crippen LogP) is 5.90. The van der Waals surface area contributed by atoms with Crippen LogP contribution in [0.25, 0.3) is 11.1 Å². The average Bonchev–Trinajstić information content (AvgIpc) is 2.89. The van der Waals surface area contributed by atoms with Crippen LogP contribution in [0.4, 0.5) is 24.5 Å². The highest BCUT2D eigenvalue weighted by atomic mass is 19.4. The Kier molecular flexibility index (Phi) is 6.90. The number of amides is 1. The average molecular weight is 511 g/mol. The minimum Gasteiger partial charge on any atom is -0.377 e. The minimum absolute atomic E-state index is 0.111. The van der Waals surface area contributed by atoms with Crippen LogP contribution in [0.5, 0.6) is 0 Å². The van der Waals surface area contributed by atoms with Gasteiger partial charge in [-0.2, -0.15) is 13.2 Å². The molecule has 194 valence electrons. The number of carbonyl (C=O) groups is 1. The van der Waals surface area contributed by atoms with Crippen molar-refractivity contribution in [3.8, 4) is 11.1 Å². The van der Waals surface area contributed by atoms with Gasteiger partial charge in [-0.3, -0.25) is 14.8 Å². The van der Waals surface area contributed by atoms with Gasteiger partial charge < -0.3 is 15.0 Å². The Morgan fingerprint density at radius 3 is 2.81 bits per heavy atom. The number of ether oxygens (including phenoxy) is 1. The topological polar surface area (TPSA) is 67.4 Å². The first-order valence-corrected chi connectivity index (χ1v) is 12.5. The molecule has 0 unspecified atom stereocenters. The summed E-state index contributed by atoms with van der Waals surface area (Å²) in [6.07, 6.45) is 1.42. The van der Waals surface area contributed by atoms with E-state index in [1.54, 1.807) is 6.07 Å². The molecule has 0 saturated carbocycles. The first-order chi connectivity index (χ1) is 17.7. The van der Waals surface area contributed by atoms with Crippen molar-refractivity contribution in [2.24, 2.45) is 5.92 Å². The van der Waals surface area contributed by atoms with Crippen LogP contribution in [0.3, 0.4) is 0 Å².